The van der Waals surface area contributed by atoms with Crippen LogP contribution in [-0.4, -0.2) is 172 Å². The summed E-state index contributed by atoms with van der Waals surface area (Å²) in [6.45, 7) is 32.4. The smallest absolute Gasteiger partial charge is 0.407 e. The van der Waals surface area contributed by atoms with Crippen molar-refractivity contribution in [3.05, 3.63) is 23.3 Å². The van der Waals surface area contributed by atoms with Gasteiger partial charge in [-0.3, -0.25) is 19.2 Å². The van der Waals surface area contributed by atoms with E-state index in [1.165, 1.54) is 19.1 Å². The minimum absolute atomic E-state index is 0.00918. The van der Waals surface area contributed by atoms with Crippen LogP contribution in [0.25, 0.3) is 0 Å². The number of unbranched alkanes of at least 4 members (excludes halogenated alkanes) is 3. The van der Waals surface area contributed by atoms with Crippen LogP contribution in [0.3, 0.4) is 0 Å². The molecule has 3 heterocycles. The molecular formula is C63H110BN3O15Si2. The first kappa shape index (κ1) is 73.2. The fraction of sp³-hybridized carbons (Fsp3) is 0.841. The summed E-state index contributed by atoms with van der Waals surface area (Å²) in [5.41, 5.74) is 1.66. The molecule has 84 heavy (non-hydrogen) atoms. The van der Waals surface area contributed by atoms with E-state index in [1.807, 2.05) is 33.8 Å². The molecule has 1 saturated carbocycles. The van der Waals surface area contributed by atoms with E-state index in [2.05, 4.69) is 84.4 Å². The van der Waals surface area contributed by atoms with E-state index >= 15 is 9.59 Å². The predicted octanol–water partition coefficient (Wildman–Crippen LogP) is 10.7. The van der Waals surface area contributed by atoms with Crippen molar-refractivity contribution in [3.8, 4) is 0 Å². The molecule has 2 radical (unpaired) electrons. The number of alkyl carbamates (subject to hydrolysis) is 1. The zero-order valence-electron chi connectivity index (χ0n) is 54.8. The highest BCUT2D eigenvalue weighted by atomic mass is 28.4. The Morgan fingerprint density at radius 1 is 0.786 bits per heavy atom. The molecule has 0 aromatic rings. The Morgan fingerprint density at radius 3 is 1.95 bits per heavy atom. The van der Waals surface area contributed by atoms with E-state index in [9.17, 15) is 24.3 Å². The number of allylic oxidation sites excluding steroid dienone is 3. The molecule has 2 bridgehead atoms. The fourth-order valence-corrected chi connectivity index (χ4v) is 14.8. The van der Waals surface area contributed by atoms with Gasteiger partial charge in [-0.1, -0.05) is 92.9 Å². The number of aliphatic hydroxyl groups is 1. The first-order valence-electron chi connectivity index (χ1n) is 31.3. The van der Waals surface area contributed by atoms with E-state index in [1.54, 1.807) is 14.0 Å². The van der Waals surface area contributed by atoms with Crippen LogP contribution in [-0.2, 0) is 56.5 Å². The molecule has 3 aliphatic heterocycles. The molecule has 3 amide bonds. The van der Waals surface area contributed by atoms with E-state index in [4.69, 9.17) is 45.1 Å². The molecule has 478 valence electrons. The Labute approximate surface area is 508 Å². The summed E-state index contributed by atoms with van der Waals surface area (Å²) in [6, 6.07) is -1.17. The van der Waals surface area contributed by atoms with Gasteiger partial charge in [0.1, 0.15) is 24.0 Å². The van der Waals surface area contributed by atoms with Crippen LogP contribution in [0.4, 0.5) is 9.59 Å². The van der Waals surface area contributed by atoms with Gasteiger partial charge in [0.05, 0.1) is 37.1 Å². The largest absolute Gasteiger partial charge is 0.456 e. The standard InChI is InChI=1S/C63H110BN3O15Si2/c1-40-33-41(2)35-52(76-13)55-53(77-14)37-43(4)63(74,80-55)56(69)57(70)67-31-24-21-25-47(67)58(71)79-54(42(3)36-45-26-27-49(51(38-45)75-12)81-83(15,16)61(6,7)8)44(5)50(82-84(17,18)62(9,10)11)39-48(68)46(34-40)28-32-78-60(73)66-30-23-20-19-22-29-65-59(64)72/h34,36,41,43-47,49-55,74H,19-33,35,37-39H2,1-18H3,(H,65,72)(H,66,73)/b40-34+,42-36+/t41-,43+,44+,45-,46?,47-,49+,50-,51+,52-,53-,54+,55+,63+/m0/s1. The van der Waals surface area contributed by atoms with Gasteiger partial charge in [0.2, 0.25) is 5.79 Å². The highest BCUT2D eigenvalue weighted by Gasteiger charge is 2.57. The summed E-state index contributed by atoms with van der Waals surface area (Å²) in [5.74, 6) is -8.41. The average Bonchev–Trinajstić information content (AvgIpc) is 2.39. The topological polar surface area (TPSA) is 224 Å². The minimum Gasteiger partial charge on any atom is -0.456 e. The van der Waals surface area contributed by atoms with Crippen LogP contribution in [0.1, 0.15) is 172 Å². The molecule has 2 saturated heterocycles. The highest BCUT2D eigenvalue weighted by Crippen LogP contribution is 2.44. The number of hydrogen-bond donors (Lipinski definition) is 3. The van der Waals surface area contributed by atoms with Gasteiger partial charge >= 0.3 is 12.1 Å². The van der Waals surface area contributed by atoms with Crippen molar-refractivity contribution < 1.29 is 71.1 Å². The summed E-state index contributed by atoms with van der Waals surface area (Å²) >= 11 is 0. The molecular weight excluding hydrogens is 1110 g/mol. The van der Waals surface area contributed by atoms with Crippen LogP contribution in [0, 0.1) is 29.6 Å². The summed E-state index contributed by atoms with van der Waals surface area (Å²) < 4.78 is 51.4. The first-order valence-corrected chi connectivity index (χ1v) is 37.1. The van der Waals surface area contributed by atoms with Crippen molar-refractivity contribution in [1.29, 1.82) is 0 Å². The highest BCUT2D eigenvalue weighted by molar-refractivity contribution is 6.74. The van der Waals surface area contributed by atoms with E-state index in [-0.39, 0.29) is 78.7 Å². The Kier molecular flexibility index (Phi) is 28.1. The van der Waals surface area contributed by atoms with E-state index < -0.39 is 106 Å². The van der Waals surface area contributed by atoms with Gasteiger partial charge in [0, 0.05) is 65.1 Å². The van der Waals surface area contributed by atoms with Gasteiger partial charge in [-0.15, -0.1) is 0 Å². The fourth-order valence-electron chi connectivity index (χ4n) is 12.0. The number of ketones is 2. The molecule has 4 rings (SSSR count). The van der Waals surface area contributed by atoms with Crippen molar-refractivity contribution in [2.24, 2.45) is 29.6 Å². The van der Waals surface area contributed by atoms with Gasteiger partial charge in [-0.25, -0.2) is 9.59 Å². The van der Waals surface area contributed by atoms with Gasteiger partial charge < -0.3 is 57.9 Å². The Morgan fingerprint density at radius 2 is 1.37 bits per heavy atom. The molecule has 3 fully saturated rings. The van der Waals surface area contributed by atoms with Crippen molar-refractivity contribution in [2.75, 3.05) is 47.6 Å². The van der Waals surface area contributed by atoms with Gasteiger partial charge in [-0.2, -0.15) is 0 Å². The molecule has 4 aliphatic rings. The average molecular weight is 1220 g/mol. The molecule has 0 aromatic heterocycles. The second kappa shape index (κ2) is 32.3. The number of piperidine rings is 1. The lowest BCUT2D eigenvalue weighted by molar-refractivity contribution is -0.302. The van der Waals surface area contributed by atoms with Crippen molar-refractivity contribution >= 4 is 59.8 Å². The van der Waals surface area contributed by atoms with E-state index in [0.29, 0.717) is 51.6 Å². The maximum Gasteiger partial charge on any atom is 0.407 e. The first-order chi connectivity index (χ1) is 39.1. The molecule has 21 heteroatoms. The van der Waals surface area contributed by atoms with Gasteiger partial charge in [0.25, 0.3) is 11.7 Å². The third-order valence-electron chi connectivity index (χ3n) is 19.2. The van der Waals surface area contributed by atoms with Gasteiger partial charge in [-0.05, 0) is 145 Å². The number of Topliss-reactive ketones (excluding diaryl/α,β-unsaturated/α-hetero) is 2. The Bertz CT molecular complexity index is 2250. The Balaban J connectivity index is 1.84. The van der Waals surface area contributed by atoms with Crippen LogP contribution in [0.2, 0.25) is 36.3 Å². The number of rotatable bonds is 19. The zero-order valence-corrected chi connectivity index (χ0v) is 56.8. The van der Waals surface area contributed by atoms with Gasteiger partial charge in [0.15, 0.2) is 30.3 Å². The summed E-state index contributed by atoms with van der Waals surface area (Å²) in [7, 11) is 5.12. The van der Waals surface area contributed by atoms with E-state index in [0.717, 1.165) is 43.3 Å². The molecule has 1 aliphatic carbocycles. The molecule has 1 unspecified atom stereocenters. The number of hydrogen-bond acceptors (Lipinski definition) is 15. The molecule has 14 atom stereocenters. The number of methoxy groups -OCH3 is 3. The van der Waals surface area contributed by atoms with Crippen LogP contribution < -0.4 is 10.6 Å². The Hall–Kier alpha value is -3.28. The summed E-state index contributed by atoms with van der Waals surface area (Å²) in [5, 5.41) is 17.5. The number of carbonyl (C=O) groups is 6. The third kappa shape index (κ3) is 20.4. The minimum atomic E-state index is -2.70. The lowest BCUT2D eigenvalue weighted by Gasteiger charge is -2.47. The molecule has 0 spiro atoms. The number of cyclic esters (lactones) is 1. The lowest BCUT2D eigenvalue weighted by atomic mass is 9.81. The number of amides is 3. The predicted molar refractivity (Wildman–Crippen MR) is 331 cm³/mol. The molecule has 18 nitrogen and oxygen atoms in total. The van der Waals surface area contributed by atoms with Crippen molar-refractivity contribution in [2.45, 2.75) is 263 Å². The number of carbonyl (C=O) groups excluding carboxylic acids is 6. The second-order valence-electron chi connectivity index (χ2n) is 28.0. The van der Waals surface area contributed by atoms with Crippen LogP contribution >= 0.6 is 0 Å². The quantitative estimate of drug-likeness (QED) is 0.0360. The van der Waals surface area contributed by atoms with Crippen LogP contribution in [0.5, 0.6) is 0 Å². The summed E-state index contributed by atoms with van der Waals surface area (Å²) in [4.78, 5) is 85.5. The van der Waals surface area contributed by atoms with Crippen LogP contribution in [0.15, 0.2) is 23.3 Å². The number of fused-ring (bicyclic) bond motifs is 3. The zero-order chi connectivity index (χ0) is 63.1. The summed E-state index contributed by atoms with van der Waals surface area (Å²) in [6.07, 6.45) is 7.26. The third-order valence-corrected chi connectivity index (χ3v) is 28.2. The maximum absolute atomic E-state index is 15.4. The maximum atomic E-state index is 15.4. The number of esters is 1. The molecule has 0 aromatic carbocycles. The van der Waals surface area contributed by atoms with Crippen molar-refractivity contribution in [3.63, 3.8) is 0 Å². The second-order valence-corrected chi connectivity index (χ2v) is 37.5. The van der Waals surface area contributed by atoms with Crippen molar-refractivity contribution in [1.82, 2.24) is 15.5 Å². The monoisotopic (exact) mass is 1220 g/mol. The normalized spacial score (nSPS) is 32.3. The molecule has 3 N–H and O–H groups in total. The SMILES string of the molecule is [B]C(=O)NCCCCCCNC(=O)OCCC1/C=C(\C)C[C@H](C)C[C@H](OC)[C@H]2O[C@@](O)(C(=O)C(=O)N3CCCC[C@H]3C(=O)O[C@H](/C(C)=C/[C@@H]3CC[C@@H](O[Si](C)(C)C(C)(C)C)[C@H](OC)C3)[C@H](C)[C@@H](O[Si](C)(C)C(C)(C)C)CC1=O)[C@H](C)C[C@@H]2OC. The number of ether oxygens (including phenoxy) is 6. The number of nitrogens with zero attached hydrogens (tertiary/aromatic N) is 1. The lowest BCUT2D eigenvalue weighted by Crippen LogP contribution is -2.64. The number of nitrogens with one attached hydrogen (secondary N) is 2.